The van der Waals surface area contributed by atoms with Gasteiger partial charge in [-0.3, -0.25) is 0 Å². The third kappa shape index (κ3) is 3.15. The molecular weight excluding hydrogens is 264 g/mol. The highest BCUT2D eigenvalue weighted by Crippen LogP contribution is 2.28. The summed E-state index contributed by atoms with van der Waals surface area (Å²) in [6.45, 7) is 1.65. The van der Waals surface area contributed by atoms with Crippen molar-refractivity contribution in [3.8, 4) is 0 Å². The summed E-state index contributed by atoms with van der Waals surface area (Å²) in [7, 11) is -3.10. The van der Waals surface area contributed by atoms with E-state index < -0.39 is 9.84 Å². The number of hydrogen-bond donors (Lipinski definition) is 0. The molecule has 2 nitrogen and oxygen atoms in total. The minimum atomic E-state index is -3.10. The maximum Gasteiger partial charge on any atom is 0.178 e. The van der Waals surface area contributed by atoms with E-state index >= 15 is 0 Å². The molecule has 0 fully saturated rings. The van der Waals surface area contributed by atoms with Gasteiger partial charge in [0.05, 0.1) is 10.6 Å². The van der Waals surface area contributed by atoms with Crippen molar-refractivity contribution < 1.29 is 8.42 Å². The zero-order chi connectivity index (χ0) is 13.0. The maximum atomic E-state index is 11.7. The molecule has 0 aliphatic rings. The summed E-state index contributed by atoms with van der Waals surface area (Å²) in [5.41, 5.74) is 0. The van der Waals surface area contributed by atoms with Crippen molar-refractivity contribution in [2.24, 2.45) is 0 Å². The van der Waals surface area contributed by atoms with Gasteiger partial charge in [-0.15, -0.1) is 0 Å². The van der Waals surface area contributed by atoms with Crippen molar-refractivity contribution in [3.63, 3.8) is 0 Å². The minimum absolute atomic E-state index is 0.137. The predicted octanol–water partition coefficient (Wildman–Crippen LogP) is 3.63. The Hall–Kier alpha value is -1.26. The number of benzene rings is 2. The Morgan fingerprint density at radius 2 is 1.44 bits per heavy atom. The Bertz CT molecular complexity index is 602. The molecule has 0 aliphatic carbocycles. The zero-order valence-electron chi connectivity index (χ0n) is 10.0. The molecule has 0 radical (unpaired) electrons. The fourth-order valence-electron chi connectivity index (χ4n) is 1.51. The van der Waals surface area contributed by atoms with Gasteiger partial charge < -0.3 is 0 Å². The first-order valence-electron chi connectivity index (χ1n) is 5.67. The van der Waals surface area contributed by atoms with Crippen molar-refractivity contribution in [2.75, 3.05) is 5.75 Å². The Morgan fingerprint density at radius 3 is 2.00 bits per heavy atom. The van der Waals surface area contributed by atoms with Gasteiger partial charge in [-0.2, -0.15) is 0 Å². The minimum Gasteiger partial charge on any atom is -0.224 e. The van der Waals surface area contributed by atoms with Crippen molar-refractivity contribution in [2.45, 2.75) is 21.6 Å². The van der Waals surface area contributed by atoms with E-state index in [0.29, 0.717) is 4.90 Å². The fraction of sp³-hybridized carbons (Fsp3) is 0.143. The summed E-state index contributed by atoms with van der Waals surface area (Å²) in [6.07, 6.45) is 0. The fourth-order valence-corrected chi connectivity index (χ4v) is 3.23. The van der Waals surface area contributed by atoms with Crippen LogP contribution in [0.5, 0.6) is 0 Å². The van der Waals surface area contributed by atoms with E-state index in [4.69, 9.17) is 0 Å². The molecule has 0 bridgehead atoms. The van der Waals surface area contributed by atoms with E-state index in [9.17, 15) is 8.42 Å². The van der Waals surface area contributed by atoms with Crippen LogP contribution in [0.15, 0.2) is 69.3 Å². The highest BCUT2D eigenvalue weighted by molar-refractivity contribution is 7.99. The van der Waals surface area contributed by atoms with Gasteiger partial charge in [0.1, 0.15) is 0 Å². The molecule has 4 heteroatoms. The SMILES string of the molecule is CCS(=O)(=O)c1ccc(Sc2ccccc2)cc1. The largest absolute Gasteiger partial charge is 0.224 e. The summed E-state index contributed by atoms with van der Waals surface area (Å²) < 4.78 is 23.3. The molecule has 0 spiro atoms. The van der Waals surface area contributed by atoms with Gasteiger partial charge in [-0.25, -0.2) is 8.42 Å². The lowest BCUT2D eigenvalue weighted by atomic mass is 10.4. The van der Waals surface area contributed by atoms with Crippen LogP contribution in [0.1, 0.15) is 6.92 Å². The number of sulfone groups is 1. The van der Waals surface area contributed by atoms with Crippen LogP contribution in [0.2, 0.25) is 0 Å². The van der Waals surface area contributed by atoms with Gasteiger partial charge >= 0.3 is 0 Å². The monoisotopic (exact) mass is 278 g/mol. The molecule has 94 valence electrons. The first-order chi connectivity index (χ1) is 8.62. The van der Waals surface area contributed by atoms with Crippen molar-refractivity contribution in [1.29, 1.82) is 0 Å². The van der Waals surface area contributed by atoms with E-state index in [1.165, 1.54) is 0 Å². The van der Waals surface area contributed by atoms with Gasteiger partial charge in [0.15, 0.2) is 9.84 Å². The molecule has 0 saturated carbocycles. The van der Waals surface area contributed by atoms with Gasteiger partial charge in [-0.05, 0) is 36.4 Å². The lowest BCUT2D eigenvalue weighted by Gasteiger charge is -2.04. The molecule has 0 unspecified atom stereocenters. The lowest BCUT2D eigenvalue weighted by Crippen LogP contribution is -2.02. The smallest absolute Gasteiger partial charge is 0.178 e. The van der Waals surface area contributed by atoms with Gasteiger partial charge in [0.25, 0.3) is 0 Å². The quantitative estimate of drug-likeness (QED) is 0.856. The Kier molecular flexibility index (Phi) is 4.09. The standard InChI is InChI=1S/C14H14O2S2/c1-2-18(15,16)14-10-8-13(9-11-14)17-12-6-4-3-5-7-12/h3-11H,2H2,1H3. The predicted molar refractivity (Wildman–Crippen MR) is 74.7 cm³/mol. The van der Waals surface area contributed by atoms with Crippen LogP contribution in [-0.4, -0.2) is 14.2 Å². The van der Waals surface area contributed by atoms with Crippen LogP contribution in [0, 0.1) is 0 Å². The average Bonchev–Trinajstić information content (AvgIpc) is 2.40. The van der Waals surface area contributed by atoms with Crippen LogP contribution in [0.4, 0.5) is 0 Å². The molecule has 0 aromatic heterocycles. The van der Waals surface area contributed by atoms with Crippen molar-refractivity contribution >= 4 is 21.6 Å². The first-order valence-corrected chi connectivity index (χ1v) is 8.14. The third-order valence-electron chi connectivity index (χ3n) is 2.54. The van der Waals surface area contributed by atoms with Gasteiger partial charge in [0, 0.05) is 9.79 Å². The molecule has 0 aliphatic heterocycles. The van der Waals surface area contributed by atoms with E-state index in [0.717, 1.165) is 9.79 Å². The zero-order valence-corrected chi connectivity index (χ0v) is 11.7. The highest BCUT2D eigenvalue weighted by Gasteiger charge is 2.10. The molecule has 2 aromatic carbocycles. The van der Waals surface area contributed by atoms with E-state index in [2.05, 4.69) is 0 Å². The third-order valence-corrected chi connectivity index (χ3v) is 5.31. The average molecular weight is 278 g/mol. The van der Waals surface area contributed by atoms with E-state index in [1.54, 1.807) is 30.8 Å². The second kappa shape index (κ2) is 5.59. The second-order valence-electron chi connectivity index (χ2n) is 3.79. The Balaban J connectivity index is 2.19. The van der Waals surface area contributed by atoms with E-state index in [1.807, 2.05) is 42.5 Å². The number of hydrogen-bond acceptors (Lipinski definition) is 3. The van der Waals surface area contributed by atoms with Crippen LogP contribution >= 0.6 is 11.8 Å². The molecule has 18 heavy (non-hydrogen) atoms. The molecule has 0 saturated heterocycles. The van der Waals surface area contributed by atoms with Crippen LogP contribution in [0.25, 0.3) is 0 Å². The van der Waals surface area contributed by atoms with Crippen LogP contribution in [0.3, 0.4) is 0 Å². The molecule has 2 rings (SSSR count). The summed E-state index contributed by atoms with van der Waals surface area (Å²) in [5.74, 6) is 0.137. The van der Waals surface area contributed by atoms with Crippen LogP contribution < -0.4 is 0 Å². The molecule has 0 amide bonds. The van der Waals surface area contributed by atoms with Gasteiger partial charge in [-0.1, -0.05) is 36.9 Å². The number of rotatable bonds is 4. The normalized spacial score (nSPS) is 11.4. The van der Waals surface area contributed by atoms with Crippen LogP contribution in [-0.2, 0) is 9.84 Å². The second-order valence-corrected chi connectivity index (χ2v) is 7.22. The van der Waals surface area contributed by atoms with Crippen molar-refractivity contribution in [3.05, 3.63) is 54.6 Å². The Labute approximate surface area is 112 Å². The van der Waals surface area contributed by atoms with Gasteiger partial charge in [0.2, 0.25) is 0 Å². The van der Waals surface area contributed by atoms with E-state index in [-0.39, 0.29) is 5.75 Å². The van der Waals surface area contributed by atoms with Crippen molar-refractivity contribution in [1.82, 2.24) is 0 Å². The highest BCUT2D eigenvalue weighted by atomic mass is 32.2. The lowest BCUT2D eigenvalue weighted by molar-refractivity contribution is 0.597. The molecule has 2 aromatic rings. The first kappa shape index (κ1) is 13.2. The molecular formula is C14H14O2S2. The summed E-state index contributed by atoms with van der Waals surface area (Å²) in [5, 5.41) is 0. The molecule has 0 atom stereocenters. The summed E-state index contributed by atoms with van der Waals surface area (Å²) >= 11 is 1.62. The molecule has 0 heterocycles. The molecule has 0 N–H and O–H groups in total. The summed E-state index contributed by atoms with van der Waals surface area (Å²) in [6, 6.07) is 17.0. The summed E-state index contributed by atoms with van der Waals surface area (Å²) in [4.78, 5) is 2.57. The maximum absolute atomic E-state index is 11.7. The Morgan fingerprint density at radius 1 is 0.889 bits per heavy atom. The topological polar surface area (TPSA) is 34.1 Å².